The van der Waals surface area contributed by atoms with Crippen LogP contribution in [0.25, 0.3) is 6.08 Å². The van der Waals surface area contributed by atoms with Crippen LogP contribution in [0.15, 0.2) is 30.3 Å². The van der Waals surface area contributed by atoms with Crippen molar-refractivity contribution < 1.29 is 4.74 Å². The van der Waals surface area contributed by atoms with Gasteiger partial charge in [-0.2, -0.15) is 0 Å². The molecule has 1 aromatic rings. The molecule has 0 aliphatic heterocycles. The molecule has 0 amide bonds. The summed E-state index contributed by atoms with van der Waals surface area (Å²) in [4.78, 5) is 0. The van der Waals surface area contributed by atoms with Crippen LogP contribution in [0.1, 0.15) is 51.5 Å². The van der Waals surface area contributed by atoms with E-state index in [9.17, 15) is 0 Å². The van der Waals surface area contributed by atoms with Gasteiger partial charge in [-0.1, -0.05) is 63.8 Å². The first-order valence-corrected chi connectivity index (χ1v) is 7.10. The predicted octanol–water partition coefficient (Wildman–Crippen LogP) is 5.31. The fourth-order valence-electron chi connectivity index (χ4n) is 2.09. The average Bonchev–Trinajstić information content (AvgIpc) is 2.43. The molecule has 0 N–H and O–H groups in total. The molecule has 1 heteroatoms. The molecule has 1 atom stereocenters. The van der Waals surface area contributed by atoms with Crippen molar-refractivity contribution in [1.82, 2.24) is 0 Å². The van der Waals surface area contributed by atoms with Crippen molar-refractivity contribution in [2.45, 2.75) is 46.0 Å². The van der Waals surface area contributed by atoms with Crippen molar-refractivity contribution in [2.24, 2.45) is 5.92 Å². The minimum Gasteiger partial charge on any atom is -0.497 e. The van der Waals surface area contributed by atoms with Gasteiger partial charge in [0.1, 0.15) is 5.75 Å². The Balaban J connectivity index is 2.42. The second-order valence-corrected chi connectivity index (χ2v) is 4.83. The Morgan fingerprint density at radius 2 is 1.89 bits per heavy atom. The van der Waals surface area contributed by atoms with Gasteiger partial charge in [0.05, 0.1) is 7.11 Å². The van der Waals surface area contributed by atoms with Gasteiger partial charge in [0.15, 0.2) is 0 Å². The van der Waals surface area contributed by atoms with Gasteiger partial charge in [0.25, 0.3) is 0 Å². The lowest BCUT2D eigenvalue weighted by Gasteiger charge is -2.11. The van der Waals surface area contributed by atoms with Crippen molar-refractivity contribution in [2.75, 3.05) is 7.11 Å². The molecular weight excluding hydrogens is 220 g/mol. The van der Waals surface area contributed by atoms with Gasteiger partial charge in [-0.05, 0) is 30.0 Å². The van der Waals surface area contributed by atoms with Crippen LogP contribution in [0.2, 0.25) is 0 Å². The summed E-state index contributed by atoms with van der Waals surface area (Å²) in [5, 5.41) is 0. The van der Waals surface area contributed by atoms with Crippen LogP contribution in [-0.2, 0) is 0 Å². The Hall–Kier alpha value is -1.24. The highest BCUT2D eigenvalue weighted by Crippen LogP contribution is 2.18. The Morgan fingerprint density at radius 1 is 1.17 bits per heavy atom. The molecule has 1 aromatic carbocycles. The third-order valence-corrected chi connectivity index (χ3v) is 3.44. The zero-order chi connectivity index (χ0) is 13.2. The standard InChI is InChI=1S/C17H26O/c1-4-6-8-15(5-2)9-7-10-16-11-13-17(18-3)14-12-16/h7,10-15H,4-6,8-9H2,1-3H3. The highest BCUT2D eigenvalue weighted by molar-refractivity contribution is 5.50. The molecule has 0 saturated carbocycles. The Morgan fingerprint density at radius 3 is 2.44 bits per heavy atom. The minimum absolute atomic E-state index is 0.847. The van der Waals surface area contributed by atoms with Gasteiger partial charge >= 0.3 is 0 Å². The van der Waals surface area contributed by atoms with Gasteiger partial charge in [0, 0.05) is 0 Å². The Labute approximate surface area is 112 Å². The summed E-state index contributed by atoms with van der Waals surface area (Å²) >= 11 is 0. The second kappa shape index (κ2) is 8.79. The second-order valence-electron chi connectivity index (χ2n) is 4.83. The molecule has 1 unspecified atom stereocenters. The lowest BCUT2D eigenvalue weighted by Crippen LogP contribution is -1.96. The van der Waals surface area contributed by atoms with Crippen LogP contribution >= 0.6 is 0 Å². The van der Waals surface area contributed by atoms with Crippen LogP contribution in [-0.4, -0.2) is 7.11 Å². The van der Waals surface area contributed by atoms with Gasteiger partial charge in [-0.25, -0.2) is 0 Å². The molecule has 1 nitrogen and oxygen atoms in total. The zero-order valence-corrected chi connectivity index (χ0v) is 12.0. The number of rotatable bonds is 8. The van der Waals surface area contributed by atoms with Crippen molar-refractivity contribution in [1.29, 1.82) is 0 Å². The molecule has 0 spiro atoms. The molecular formula is C17H26O. The highest BCUT2D eigenvalue weighted by Gasteiger charge is 2.02. The zero-order valence-electron chi connectivity index (χ0n) is 12.0. The monoisotopic (exact) mass is 246 g/mol. The topological polar surface area (TPSA) is 9.23 Å². The van der Waals surface area contributed by atoms with Crippen molar-refractivity contribution in [3.63, 3.8) is 0 Å². The number of allylic oxidation sites excluding steroid dienone is 1. The maximum absolute atomic E-state index is 5.15. The molecule has 0 saturated heterocycles. The average molecular weight is 246 g/mol. The largest absolute Gasteiger partial charge is 0.497 e. The first-order chi connectivity index (χ1) is 8.80. The molecule has 0 aliphatic carbocycles. The molecule has 0 fully saturated rings. The van der Waals surface area contributed by atoms with E-state index < -0.39 is 0 Å². The molecule has 0 bridgehead atoms. The fourth-order valence-corrected chi connectivity index (χ4v) is 2.09. The number of hydrogen-bond donors (Lipinski definition) is 0. The van der Waals surface area contributed by atoms with E-state index in [1.807, 2.05) is 12.1 Å². The SMILES string of the molecule is CCCCC(CC)CC=Cc1ccc(OC)cc1. The first-order valence-electron chi connectivity index (χ1n) is 7.10. The molecule has 0 aliphatic rings. The van der Waals surface area contributed by atoms with Crippen LogP contribution < -0.4 is 4.74 Å². The molecule has 0 heterocycles. The number of ether oxygens (including phenoxy) is 1. The summed E-state index contributed by atoms with van der Waals surface area (Å²) in [5.41, 5.74) is 1.25. The van der Waals surface area contributed by atoms with Gasteiger partial charge in [0.2, 0.25) is 0 Å². The summed E-state index contributed by atoms with van der Waals surface area (Å²) < 4.78 is 5.15. The van der Waals surface area contributed by atoms with E-state index in [1.165, 1.54) is 37.7 Å². The Bertz CT molecular complexity index is 337. The molecule has 0 radical (unpaired) electrons. The van der Waals surface area contributed by atoms with E-state index in [-0.39, 0.29) is 0 Å². The van der Waals surface area contributed by atoms with Gasteiger partial charge in [-0.15, -0.1) is 0 Å². The van der Waals surface area contributed by atoms with Crippen LogP contribution in [0.3, 0.4) is 0 Å². The van der Waals surface area contributed by atoms with E-state index in [2.05, 4.69) is 38.1 Å². The summed E-state index contributed by atoms with van der Waals surface area (Å²) in [7, 11) is 1.70. The Kier molecular flexibility index (Phi) is 7.24. The lowest BCUT2D eigenvalue weighted by molar-refractivity contribution is 0.415. The van der Waals surface area contributed by atoms with Crippen LogP contribution in [0.4, 0.5) is 0 Å². The van der Waals surface area contributed by atoms with Crippen LogP contribution in [0.5, 0.6) is 5.75 Å². The van der Waals surface area contributed by atoms with Crippen LogP contribution in [0, 0.1) is 5.92 Å². The van der Waals surface area contributed by atoms with Gasteiger partial charge in [-0.3, -0.25) is 0 Å². The maximum atomic E-state index is 5.15. The molecule has 18 heavy (non-hydrogen) atoms. The maximum Gasteiger partial charge on any atom is 0.118 e. The van der Waals surface area contributed by atoms with Crippen molar-refractivity contribution >= 4 is 6.08 Å². The van der Waals surface area contributed by atoms with Crippen molar-refractivity contribution in [3.05, 3.63) is 35.9 Å². The summed E-state index contributed by atoms with van der Waals surface area (Å²) in [6.45, 7) is 4.56. The predicted molar refractivity (Wildman–Crippen MR) is 80.0 cm³/mol. The van der Waals surface area contributed by atoms with E-state index in [0.29, 0.717) is 0 Å². The smallest absolute Gasteiger partial charge is 0.118 e. The molecule has 1 rings (SSSR count). The highest BCUT2D eigenvalue weighted by atomic mass is 16.5. The molecule has 0 aromatic heterocycles. The minimum atomic E-state index is 0.847. The number of unbranched alkanes of at least 4 members (excludes halogenated alkanes) is 1. The van der Waals surface area contributed by atoms with E-state index >= 15 is 0 Å². The third kappa shape index (κ3) is 5.39. The van der Waals surface area contributed by atoms with E-state index in [0.717, 1.165) is 11.7 Å². The fraction of sp³-hybridized carbons (Fsp3) is 0.529. The lowest BCUT2D eigenvalue weighted by atomic mass is 9.95. The summed E-state index contributed by atoms with van der Waals surface area (Å²) in [6, 6.07) is 8.22. The number of benzene rings is 1. The van der Waals surface area contributed by atoms with Gasteiger partial charge < -0.3 is 4.74 Å². The number of hydrogen-bond acceptors (Lipinski definition) is 1. The molecule has 100 valence electrons. The summed E-state index contributed by atoms with van der Waals surface area (Å²) in [6.07, 6.45) is 11.0. The number of methoxy groups -OCH3 is 1. The van der Waals surface area contributed by atoms with E-state index in [4.69, 9.17) is 4.74 Å². The quantitative estimate of drug-likeness (QED) is 0.603. The first kappa shape index (κ1) is 14.8. The van der Waals surface area contributed by atoms with Crippen molar-refractivity contribution in [3.8, 4) is 5.75 Å². The summed E-state index contributed by atoms with van der Waals surface area (Å²) in [5.74, 6) is 1.76. The third-order valence-electron chi connectivity index (χ3n) is 3.44. The van der Waals surface area contributed by atoms with E-state index in [1.54, 1.807) is 7.11 Å². The normalized spacial score (nSPS) is 12.8.